The lowest BCUT2D eigenvalue weighted by molar-refractivity contribution is -0.141. The molecular formula is C9H11NO5. The number of rotatable bonds is 3. The van der Waals surface area contributed by atoms with Crippen molar-refractivity contribution in [2.45, 2.75) is 6.42 Å². The van der Waals surface area contributed by atoms with Gasteiger partial charge in [-0.3, -0.25) is 9.59 Å². The van der Waals surface area contributed by atoms with Crippen LogP contribution in [0, 0.1) is 5.92 Å². The number of amides is 1. The minimum atomic E-state index is -1.20. The van der Waals surface area contributed by atoms with Crippen molar-refractivity contribution in [2.24, 2.45) is 5.92 Å². The van der Waals surface area contributed by atoms with E-state index in [2.05, 4.69) is 0 Å². The molecule has 1 amide bonds. The minimum absolute atomic E-state index is 0.151. The summed E-state index contributed by atoms with van der Waals surface area (Å²) >= 11 is 0. The zero-order chi connectivity index (χ0) is 11.4. The molecule has 1 aliphatic heterocycles. The van der Waals surface area contributed by atoms with Gasteiger partial charge in [0.15, 0.2) is 0 Å². The molecule has 1 heterocycles. The SMILES string of the molecule is O=C(O)/C=C/C(=O)N1CCC(C(=O)O)C1. The van der Waals surface area contributed by atoms with Crippen LogP contribution in [0.2, 0.25) is 0 Å². The van der Waals surface area contributed by atoms with Gasteiger partial charge in [0.2, 0.25) is 5.91 Å². The number of hydrogen-bond acceptors (Lipinski definition) is 3. The summed E-state index contributed by atoms with van der Waals surface area (Å²) in [6, 6.07) is 0. The minimum Gasteiger partial charge on any atom is -0.481 e. The monoisotopic (exact) mass is 213 g/mol. The molecule has 0 aromatic heterocycles. The number of hydrogen-bond donors (Lipinski definition) is 2. The first-order chi connectivity index (χ1) is 7.00. The number of nitrogens with zero attached hydrogens (tertiary/aromatic N) is 1. The Bertz CT molecular complexity index is 322. The normalized spacial score (nSPS) is 20.8. The average molecular weight is 213 g/mol. The third kappa shape index (κ3) is 3.08. The Hall–Kier alpha value is -1.85. The fraction of sp³-hybridized carbons (Fsp3) is 0.444. The number of carboxylic acid groups (broad SMARTS) is 2. The van der Waals surface area contributed by atoms with Gasteiger partial charge in [-0.25, -0.2) is 4.79 Å². The van der Waals surface area contributed by atoms with Gasteiger partial charge in [-0.05, 0) is 6.42 Å². The van der Waals surface area contributed by atoms with E-state index in [1.54, 1.807) is 0 Å². The molecule has 6 nitrogen and oxygen atoms in total. The van der Waals surface area contributed by atoms with Crippen LogP contribution < -0.4 is 0 Å². The van der Waals surface area contributed by atoms with Crippen molar-refractivity contribution < 1.29 is 24.6 Å². The molecule has 0 aromatic rings. The molecule has 0 aromatic carbocycles. The van der Waals surface area contributed by atoms with E-state index in [0.717, 1.165) is 12.2 Å². The van der Waals surface area contributed by atoms with Gasteiger partial charge in [-0.1, -0.05) is 0 Å². The summed E-state index contributed by atoms with van der Waals surface area (Å²) in [7, 11) is 0. The predicted molar refractivity (Wildman–Crippen MR) is 49.1 cm³/mol. The lowest BCUT2D eigenvalue weighted by Gasteiger charge is -2.12. The molecule has 1 unspecified atom stereocenters. The van der Waals surface area contributed by atoms with E-state index in [4.69, 9.17) is 10.2 Å². The Labute approximate surface area is 85.8 Å². The number of carbonyl (C=O) groups excluding carboxylic acids is 1. The fourth-order valence-electron chi connectivity index (χ4n) is 1.41. The summed E-state index contributed by atoms with van der Waals surface area (Å²) in [5, 5.41) is 17.0. The van der Waals surface area contributed by atoms with E-state index in [-0.39, 0.29) is 6.54 Å². The largest absolute Gasteiger partial charge is 0.481 e. The smallest absolute Gasteiger partial charge is 0.328 e. The zero-order valence-corrected chi connectivity index (χ0v) is 7.92. The Morgan fingerprint density at radius 2 is 1.87 bits per heavy atom. The summed E-state index contributed by atoms with van der Waals surface area (Å²) in [5.41, 5.74) is 0. The molecule has 0 spiro atoms. The van der Waals surface area contributed by atoms with Crippen molar-refractivity contribution in [3.63, 3.8) is 0 Å². The highest BCUT2D eigenvalue weighted by atomic mass is 16.4. The first-order valence-corrected chi connectivity index (χ1v) is 4.43. The summed E-state index contributed by atoms with van der Waals surface area (Å²) in [6.45, 7) is 0.512. The molecule has 2 N–H and O–H groups in total. The van der Waals surface area contributed by atoms with Crippen LogP contribution in [0.15, 0.2) is 12.2 Å². The van der Waals surface area contributed by atoms with Gasteiger partial charge in [0.1, 0.15) is 0 Å². The van der Waals surface area contributed by atoms with Crippen LogP contribution in [-0.2, 0) is 14.4 Å². The third-order valence-electron chi connectivity index (χ3n) is 2.22. The molecule has 1 rings (SSSR count). The van der Waals surface area contributed by atoms with Crippen LogP contribution in [0.25, 0.3) is 0 Å². The second kappa shape index (κ2) is 4.59. The standard InChI is InChI=1S/C9H11NO5/c11-7(1-2-8(12)13)10-4-3-6(5-10)9(14)15/h1-2,6H,3-5H2,(H,12,13)(H,14,15)/b2-1+. The number of carbonyl (C=O) groups is 3. The van der Waals surface area contributed by atoms with Gasteiger partial charge >= 0.3 is 11.9 Å². The molecule has 6 heteroatoms. The van der Waals surface area contributed by atoms with E-state index >= 15 is 0 Å². The molecule has 82 valence electrons. The first kappa shape index (κ1) is 11.2. The molecule has 0 saturated carbocycles. The van der Waals surface area contributed by atoms with Crippen molar-refractivity contribution in [3.05, 3.63) is 12.2 Å². The Kier molecular flexibility index (Phi) is 3.43. The number of likely N-dealkylation sites (tertiary alicyclic amines) is 1. The highest BCUT2D eigenvalue weighted by molar-refractivity contribution is 5.94. The highest BCUT2D eigenvalue weighted by Gasteiger charge is 2.29. The van der Waals surface area contributed by atoms with Crippen LogP contribution in [0.3, 0.4) is 0 Å². The Morgan fingerprint density at radius 3 is 2.33 bits per heavy atom. The van der Waals surface area contributed by atoms with E-state index < -0.39 is 23.8 Å². The predicted octanol–water partition coefficient (Wildman–Crippen LogP) is -0.440. The quantitative estimate of drug-likeness (QED) is 0.620. The van der Waals surface area contributed by atoms with Crippen LogP contribution >= 0.6 is 0 Å². The molecule has 1 saturated heterocycles. The van der Waals surface area contributed by atoms with E-state index in [1.165, 1.54) is 4.90 Å². The van der Waals surface area contributed by atoms with Crippen LogP contribution in [0.4, 0.5) is 0 Å². The van der Waals surface area contributed by atoms with Crippen molar-refractivity contribution in [3.8, 4) is 0 Å². The molecule has 15 heavy (non-hydrogen) atoms. The van der Waals surface area contributed by atoms with Crippen molar-refractivity contribution in [1.29, 1.82) is 0 Å². The van der Waals surface area contributed by atoms with Crippen molar-refractivity contribution in [2.75, 3.05) is 13.1 Å². The Balaban J connectivity index is 2.50. The molecule has 0 radical (unpaired) electrons. The maximum atomic E-state index is 11.3. The van der Waals surface area contributed by atoms with Gasteiger partial charge in [0, 0.05) is 25.2 Å². The maximum absolute atomic E-state index is 11.3. The maximum Gasteiger partial charge on any atom is 0.328 e. The van der Waals surface area contributed by atoms with Crippen molar-refractivity contribution >= 4 is 17.8 Å². The lowest BCUT2D eigenvalue weighted by Crippen LogP contribution is -2.28. The molecule has 1 atom stereocenters. The van der Waals surface area contributed by atoms with Crippen LogP contribution in [0.5, 0.6) is 0 Å². The molecule has 0 bridgehead atoms. The first-order valence-electron chi connectivity index (χ1n) is 4.43. The second-order valence-electron chi connectivity index (χ2n) is 3.28. The number of aliphatic carboxylic acids is 2. The van der Waals surface area contributed by atoms with E-state index in [9.17, 15) is 14.4 Å². The molecular weight excluding hydrogens is 202 g/mol. The van der Waals surface area contributed by atoms with Crippen LogP contribution in [0.1, 0.15) is 6.42 Å². The summed E-state index contributed by atoms with van der Waals surface area (Å²) < 4.78 is 0. The fourth-order valence-corrected chi connectivity index (χ4v) is 1.41. The van der Waals surface area contributed by atoms with Gasteiger partial charge in [-0.2, -0.15) is 0 Å². The van der Waals surface area contributed by atoms with Gasteiger partial charge < -0.3 is 15.1 Å². The number of carboxylic acids is 2. The van der Waals surface area contributed by atoms with Gasteiger partial charge in [-0.15, -0.1) is 0 Å². The Morgan fingerprint density at radius 1 is 1.20 bits per heavy atom. The molecule has 1 aliphatic rings. The van der Waals surface area contributed by atoms with Crippen LogP contribution in [-0.4, -0.2) is 46.0 Å². The summed E-state index contributed by atoms with van der Waals surface area (Å²) in [4.78, 5) is 33.4. The highest BCUT2D eigenvalue weighted by Crippen LogP contribution is 2.16. The van der Waals surface area contributed by atoms with Gasteiger partial charge in [0.05, 0.1) is 5.92 Å². The average Bonchev–Trinajstić information content (AvgIpc) is 2.62. The lowest BCUT2D eigenvalue weighted by atomic mass is 10.1. The van der Waals surface area contributed by atoms with Gasteiger partial charge in [0.25, 0.3) is 0 Å². The molecule has 1 fully saturated rings. The third-order valence-corrected chi connectivity index (χ3v) is 2.22. The second-order valence-corrected chi connectivity index (χ2v) is 3.28. The molecule has 0 aliphatic carbocycles. The van der Waals surface area contributed by atoms with E-state index in [1.807, 2.05) is 0 Å². The van der Waals surface area contributed by atoms with Crippen molar-refractivity contribution in [1.82, 2.24) is 4.90 Å². The summed E-state index contributed by atoms with van der Waals surface area (Å²) in [5.74, 6) is -3.11. The topological polar surface area (TPSA) is 94.9 Å². The zero-order valence-electron chi connectivity index (χ0n) is 7.92. The summed E-state index contributed by atoms with van der Waals surface area (Å²) in [6.07, 6.45) is 2.10. The van der Waals surface area contributed by atoms with E-state index in [0.29, 0.717) is 13.0 Å².